The Morgan fingerprint density at radius 3 is 2.86 bits per heavy atom. The highest BCUT2D eigenvalue weighted by atomic mass is 15.5. The van der Waals surface area contributed by atoms with Gasteiger partial charge in [0, 0.05) is 13.3 Å². The summed E-state index contributed by atoms with van der Waals surface area (Å²) < 4.78 is 0. The summed E-state index contributed by atoms with van der Waals surface area (Å²) in [5.74, 6) is 0. The molecule has 0 saturated carbocycles. The maximum absolute atomic E-state index is 3.72. The second kappa shape index (κ2) is 5.43. The van der Waals surface area contributed by atoms with Crippen LogP contribution in [-0.4, -0.2) is 13.3 Å². The summed E-state index contributed by atoms with van der Waals surface area (Å²) in [4.78, 5) is 0. The lowest BCUT2D eigenvalue weighted by atomic mass is 10.6. The van der Waals surface area contributed by atoms with E-state index in [1.165, 1.54) is 0 Å². The molecule has 0 rings (SSSR count). The van der Waals surface area contributed by atoms with Gasteiger partial charge in [-0.25, -0.2) is 11.0 Å². The van der Waals surface area contributed by atoms with Crippen LogP contribution in [0.3, 0.4) is 0 Å². The lowest BCUT2D eigenvalue weighted by Crippen LogP contribution is -2.20. The molecular weight excluding hydrogens is 90.1 g/mol. The highest BCUT2D eigenvalue weighted by molar-refractivity contribution is 5.55. The van der Waals surface area contributed by atoms with Crippen LogP contribution < -0.4 is 11.0 Å². The Kier molecular flexibility index (Phi) is 4.99. The van der Waals surface area contributed by atoms with E-state index >= 15 is 0 Å². The molecule has 42 valence electrons. The van der Waals surface area contributed by atoms with Crippen molar-refractivity contribution in [2.45, 2.75) is 13.3 Å². The van der Waals surface area contributed by atoms with Gasteiger partial charge in [-0.05, 0) is 6.42 Å². The molecule has 0 spiro atoms. The lowest BCUT2D eigenvalue weighted by molar-refractivity contribution is 0.634. The highest BCUT2D eigenvalue weighted by Gasteiger charge is 1.61. The van der Waals surface area contributed by atoms with E-state index < -0.39 is 0 Å². The molecule has 0 aromatic heterocycles. The molecule has 0 unspecified atom stereocenters. The zero-order chi connectivity index (χ0) is 5.54. The number of hydrogen-bond acceptors (Lipinski definition) is 3. The van der Waals surface area contributed by atoms with E-state index in [1.54, 1.807) is 13.3 Å². The number of rotatable bonds is 3. The Hall–Kier alpha value is -0.570. The third-order valence-electron chi connectivity index (χ3n) is 0.450. The fourth-order valence-electron chi connectivity index (χ4n) is 0.201. The molecule has 0 atom stereocenters. The first-order chi connectivity index (χ1) is 3.41. The minimum Gasteiger partial charge on any atom is -0.244 e. The average molecular weight is 101 g/mol. The quantitative estimate of drug-likeness (QED) is 0.391. The summed E-state index contributed by atoms with van der Waals surface area (Å²) in [6.45, 7) is 2.03. The molecule has 3 heteroatoms. The maximum Gasteiger partial charge on any atom is 0.0255 e. The van der Waals surface area contributed by atoms with Crippen LogP contribution in [0, 0.1) is 0 Å². The van der Waals surface area contributed by atoms with Gasteiger partial charge < -0.3 is 0 Å². The van der Waals surface area contributed by atoms with Crippen LogP contribution in [0.2, 0.25) is 0 Å². The van der Waals surface area contributed by atoms with Gasteiger partial charge in [0.1, 0.15) is 0 Å². The summed E-state index contributed by atoms with van der Waals surface area (Å²) in [5, 5.41) is 3.72. The molecule has 0 aromatic rings. The molecule has 0 aliphatic heterocycles. The van der Waals surface area contributed by atoms with Crippen LogP contribution in [0.15, 0.2) is 5.10 Å². The second-order valence-corrected chi connectivity index (χ2v) is 1.08. The van der Waals surface area contributed by atoms with E-state index in [9.17, 15) is 0 Å². The van der Waals surface area contributed by atoms with Crippen molar-refractivity contribution in [2.75, 3.05) is 7.05 Å². The van der Waals surface area contributed by atoms with Crippen LogP contribution in [0.1, 0.15) is 13.3 Å². The Balaban J connectivity index is 2.78. The fraction of sp³-hybridized carbons (Fsp3) is 0.750. The molecular formula is C4H11N3. The van der Waals surface area contributed by atoms with Crippen LogP contribution in [0.4, 0.5) is 0 Å². The van der Waals surface area contributed by atoms with Crippen molar-refractivity contribution < 1.29 is 0 Å². The van der Waals surface area contributed by atoms with Crippen molar-refractivity contribution in [2.24, 2.45) is 5.10 Å². The van der Waals surface area contributed by atoms with Crippen LogP contribution in [-0.2, 0) is 0 Å². The van der Waals surface area contributed by atoms with Gasteiger partial charge in [-0.1, -0.05) is 6.92 Å². The molecule has 2 N–H and O–H groups in total. The van der Waals surface area contributed by atoms with Gasteiger partial charge in [-0.2, -0.15) is 5.10 Å². The van der Waals surface area contributed by atoms with Crippen LogP contribution >= 0.6 is 0 Å². The van der Waals surface area contributed by atoms with Gasteiger partial charge in [0.25, 0.3) is 0 Å². The molecule has 0 fully saturated rings. The lowest BCUT2D eigenvalue weighted by Gasteiger charge is -1.89. The van der Waals surface area contributed by atoms with E-state index in [4.69, 9.17) is 0 Å². The van der Waals surface area contributed by atoms with E-state index in [1.807, 2.05) is 6.92 Å². The average Bonchev–Trinajstić information content (AvgIpc) is 1.69. The first-order valence-electron chi connectivity index (χ1n) is 2.35. The van der Waals surface area contributed by atoms with Gasteiger partial charge in [0.2, 0.25) is 0 Å². The minimum atomic E-state index is 0.967. The van der Waals surface area contributed by atoms with Crippen molar-refractivity contribution in [1.29, 1.82) is 0 Å². The predicted molar refractivity (Wildman–Crippen MR) is 31.0 cm³/mol. The maximum atomic E-state index is 3.72. The summed E-state index contributed by atoms with van der Waals surface area (Å²) in [7, 11) is 1.77. The molecule has 0 radical (unpaired) electrons. The Morgan fingerprint density at radius 2 is 2.43 bits per heavy atom. The van der Waals surface area contributed by atoms with Gasteiger partial charge >= 0.3 is 0 Å². The van der Waals surface area contributed by atoms with Gasteiger partial charge in [0.15, 0.2) is 0 Å². The summed E-state index contributed by atoms with van der Waals surface area (Å²) in [6, 6.07) is 0. The topological polar surface area (TPSA) is 36.4 Å². The van der Waals surface area contributed by atoms with Crippen molar-refractivity contribution in [3.05, 3.63) is 0 Å². The SMILES string of the molecule is CC/C=N\NNC. The first kappa shape index (κ1) is 6.43. The molecule has 0 heterocycles. The Bertz CT molecular complexity index is 50.9. The Morgan fingerprint density at radius 1 is 1.71 bits per heavy atom. The molecule has 0 saturated heterocycles. The van der Waals surface area contributed by atoms with E-state index in [0.29, 0.717) is 0 Å². The monoisotopic (exact) mass is 101 g/mol. The minimum absolute atomic E-state index is 0.967. The Labute approximate surface area is 43.8 Å². The number of nitrogens with one attached hydrogen (secondary N) is 2. The predicted octanol–water partition coefficient (Wildman–Crippen LogP) is 0.106. The zero-order valence-electron chi connectivity index (χ0n) is 4.73. The standard InChI is InChI=1S/C4H11N3/c1-3-4-6-7-5-2/h4-5,7H,3H2,1-2H3/b6-4-. The summed E-state index contributed by atoms with van der Waals surface area (Å²) in [5.41, 5.74) is 5.22. The molecule has 7 heavy (non-hydrogen) atoms. The fourth-order valence-corrected chi connectivity index (χ4v) is 0.201. The van der Waals surface area contributed by atoms with Crippen molar-refractivity contribution >= 4 is 6.21 Å². The van der Waals surface area contributed by atoms with Crippen molar-refractivity contribution in [1.82, 2.24) is 11.0 Å². The third kappa shape index (κ3) is 5.43. The van der Waals surface area contributed by atoms with Gasteiger partial charge in [-0.15, -0.1) is 0 Å². The molecule has 0 amide bonds. The number of hydrazine groups is 1. The third-order valence-corrected chi connectivity index (χ3v) is 0.450. The first-order valence-corrected chi connectivity index (χ1v) is 2.35. The van der Waals surface area contributed by atoms with Crippen molar-refractivity contribution in [3.63, 3.8) is 0 Å². The molecule has 0 aromatic carbocycles. The number of hydrogen-bond donors (Lipinski definition) is 2. The van der Waals surface area contributed by atoms with E-state index in [0.717, 1.165) is 6.42 Å². The summed E-state index contributed by atoms with van der Waals surface area (Å²) in [6.07, 6.45) is 2.76. The van der Waals surface area contributed by atoms with E-state index in [2.05, 4.69) is 16.1 Å². The molecule has 0 aliphatic rings. The second-order valence-electron chi connectivity index (χ2n) is 1.08. The van der Waals surface area contributed by atoms with Crippen LogP contribution in [0.25, 0.3) is 0 Å². The zero-order valence-corrected chi connectivity index (χ0v) is 4.73. The molecule has 3 nitrogen and oxygen atoms in total. The highest BCUT2D eigenvalue weighted by Crippen LogP contribution is 1.61. The normalized spacial score (nSPS) is 10.0. The largest absolute Gasteiger partial charge is 0.244 e. The number of nitrogens with zero attached hydrogens (tertiary/aromatic N) is 1. The smallest absolute Gasteiger partial charge is 0.0255 e. The number of hydrazone groups is 1. The van der Waals surface area contributed by atoms with E-state index in [-0.39, 0.29) is 0 Å². The van der Waals surface area contributed by atoms with Gasteiger partial charge in [0.05, 0.1) is 0 Å². The van der Waals surface area contributed by atoms with Crippen LogP contribution in [0.5, 0.6) is 0 Å². The summed E-state index contributed by atoms with van der Waals surface area (Å²) >= 11 is 0. The molecule has 0 bridgehead atoms. The van der Waals surface area contributed by atoms with Gasteiger partial charge in [-0.3, -0.25) is 0 Å². The molecule has 0 aliphatic carbocycles. The van der Waals surface area contributed by atoms with Crippen molar-refractivity contribution in [3.8, 4) is 0 Å².